The van der Waals surface area contributed by atoms with E-state index in [0.717, 1.165) is 19.0 Å². The van der Waals surface area contributed by atoms with E-state index in [1.54, 1.807) is 27.7 Å². The van der Waals surface area contributed by atoms with Crippen LogP contribution in [-0.4, -0.2) is 48.3 Å². The highest BCUT2D eigenvalue weighted by Gasteiger charge is 2.51. The van der Waals surface area contributed by atoms with Crippen LogP contribution in [0.25, 0.3) is 0 Å². The molecule has 32 heavy (non-hydrogen) atoms. The Labute approximate surface area is 189 Å². The lowest BCUT2D eigenvalue weighted by Gasteiger charge is -2.31. The molecule has 1 aromatic rings. The summed E-state index contributed by atoms with van der Waals surface area (Å²) in [5.74, 6) is 0.369. The SMILES string of the molecule is CCCCNc1ncc([N+](=O)[O-])cc1CC(P(=O)(OCC)OCC)P(=O)(OCC)OCC. The van der Waals surface area contributed by atoms with E-state index in [4.69, 9.17) is 18.1 Å². The Morgan fingerprint density at radius 2 is 1.50 bits per heavy atom. The molecule has 0 radical (unpaired) electrons. The molecule has 1 heterocycles. The van der Waals surface area contributed by atoms with Gasteiger partial charge in [0.15, 0.2) is 5.40 Å². The summed E-state index contributed by atoms with van der Waals surface area (Å²) in [6, 6.07) is 1.32. The number of unbranched alkanes of at least 4 members (excludes halogenated alkanes) is 1. The number of hydrogen-bond donors (Lipinski definition) is 1. The van der Waals surface area contributed by atoms with Gasteiger partial charge in [-0.3, -0.25) is 19.2 Å². The summed E-state index contributed by atoms with van der Waals surface area (Å²) in [7, 11) is -8.01. The molecule has 0 fully saturated rings. The fourth-order valence-electron chi connectivity index (χ4n) is 3.03. The molecule has 11 nitrogen and oxygen atoms in total. The number of nitrogens with zero attached hydrogens (tertiary/aromatic N) is 2. The second-order valence-corrected chi connectivity index (χ2v) is 11.5. The van der Waals surface area contributed by atoms with Gasteiger partial charge in [-0.2, -0.15) is 0 Å². The van der Waals surface area contributed by atoms with Crippen LogP contribution in [0.3, 0.4) is 0 Å². The highest BCUT2D eigenvalue weighted by atomic mass is 31.2. The van der Waals surface area contributed by atoms with Crippen molar-refractivity contribution in [3.63, 3.8) is 0 Å². The first-order chi connectivity index (χ1) is 15.2. The molecule has 0 aliphatic carbocycles. The Morgan fingerprint density at radius 3 is 1.91 bits per heavy atom. The molecular weight excluding hydrogens is 460 g/mol. The molecule has 0 amide bonds. The fraction of sp³-hybridized carbons (Fsp3) is 0.737. The summed E-state index contributed by atoms with van der Waals surface area (Å²) in [5.41, 5.74) is 0.102. The Morgan fingerprint density at radius 1 is 1.00 bits per heavy atom. The molecule has 0 atom stereocenters. The number of rotatable bonds is 17. The Kier molecular flexibility index (Phi) is 12.6. The van der Waals surface area contributed by atoms with E-state index in [2.05, 4.69) is 10.3 Å². The topological polar surface area (TPSA) is 139 Å². The van der Waals surface area contributed by atoms with Crippen LogP contribution in [0.5, 0.6) is 0 Å². The van der Waals surface area contributed by atoms with Crippen molar-refractivity contribution in [2.24, 2.45) is 0 Å². The highest BCUT2D eigenvalue weighted by molar-refractivity contribution is 7.72. The van der Waals surface area contributed by atoms with E-state index in [9.17, 15) is 19.2 Å². The van der Waals surface area contributed by atoms with Crippen LogP contribution in [-0.2, 0) is 33.6 Å². The first kappa shape index (κ1) is 28.7. The van der Waals surface area contributed by atoms with Crippen LogP contribution in [0.4, 0.5) is 11.5 Å². The second-order valence-electron chi connectivity index (χ2n) is 6.67. The van der Waals surface area contributed by atoms with Gasteiger partial charge < -0.3 is 23.4 Å². The van der Waals surface area contributed by atoms with E-state index >= 15 is 0 Å². The third kappa shape index (κ3) is 7.90. The van der Waals surface area contributed by atoms with Crippen molar-refractivity contribution in [3.8, 4) is 0 Å². The predicted octanol–water partition coefficient (Wildman–Crippen LogP) is 5.60. The monoisotopic (exact) mass is 495 g/mol. The van der Waals surface area contributed by atoms with Crippen LogP contribution in [0.15, 0.2) is 12.3 Å². The van der Waals surface area contributed by atoms with Crippen molar-refractivity contribution < 1.29 is 32.1 Å². The maximum atomic E-state index is 13.8. The third-order valence-electron chi connectivity index (χ3n) is 4.35. The maximum Gasteiger partial charge on any atom is 0.346 e. The number of nitro groups is 1. The van der Waals surface area contributed by atoms with Crippen molar-refractivity contribution in [2.45, 2.75) is 59.3 Å². The average Bonchev–Trinajstić information content (AvgIpc) is 2.73. The molecule has 1 rings (SSSR count). The number of anilines is 1. The zero-order valence-electron chi connectivity index (χ0n) is 19.4. The molecule has 0 saturated heterocycles. The lowest BCUT2D eigenvalue weighted by molar-refractivity contribution is -0.385. The molecule has 0 aliphatic rings. The summed E-state index contributed by atoms with van der Waals surface area (Å²) >= 11 is 0. The predicted molar refractivity (Wildman–Crippen MR) is 123 cm³/mol. The average molecular weight is 495 g/mol. The normalized spacial score (nSPS) is 12.3. The van der Waals surface area contributed by atoms with Gasteiger partial charge in [0.1, 0.15) is 12.0 Å². The van der Waals surface area contributed by atoms with Gasteiger partial charge in [-0.25, -0.2) is 4.98 Å². The molecule has 0 bridgehead atoms. The van der Waals surface area contributed by atoms with Crippen molar-refractivity contribution >= 4 is 26.7 Å². The quantitative estimate of drug-likeness (QED) is 0.126. The standard InChI is InChI=1S/C19H35N3O8P2/c1-6-11-12-20-19-16(13-17(15-21-19)22(23)24)14-18(31(25,27-7-2)28-8-3)32(26,29-9-4)30-10-5/h13,15,18H,6-12,14H2,1-5H3,(H,20,21). The van der Waals surface area contributed by atoms with Gasteiger partial charge in [0.25, 0.3) is 5.69 Å². The number of nitrogens with one attached hydrogen (secondary N) is 1. The summed E-state index contributed by atoms with van der Waals surface area (Å²) in [4.78, 5) is 15.0. The molecule has 0 saturated carbocycles. The van der Waals surface area contributed by atoms with E-state index in [1.165, 1.54) is 6.07 Å². The first-order valence-electron chi connectivity index (χ1n) is 10.9. The first-order valence-corrected chi connectivity index (χ1v) is 14.1. The molecule has 184 valence electrons. The molecule has 1 N–H and O–H groups in total. The van der Waals surface area contributed by atoms with Gasteiger partial charge in [-0.05, 0) is 34.1 Å². The zero-order chi connectivity index (χ0) is 24.2. The Balaban J connectivity index is 3.60. The summed E-state index contributed by atoms with van der Waals surface area (Å²) < 4.78 is 49.4. The molecular formula is C19H35N3O8P2. The van der Waals surface area contributed by atoms with E-state index < -0.39 is 25.5 Å². The molecule has 13 heteroatoms. The molecule has 0 spiro atoms. The van der Waals surface area contributed by atoms with Crippen molar-refractivity contribution in [3.05, 3.63) is 27.9 Å². The minimum atomic E-state index is -4.00. The summed E-state index contributed by atoms with van der Waals surface area (Å²) in [6.07, 6.45) is 2.75. The fourth-order valence-corrected chi connectivity index (χ4v) is 8.33. The minimum Gasteiger partial charge on any atom is -0.370 e. The van der Waals surface area contributed by atoms with Gasteiger partial charge in [-0.1, -0.05) is 13.3 Å². The van der Waals surface area contributed by atoms with Crippen LogP contribution in [0.1, 0.15) is 53.0 Å². The van der Waals surface area contributed by atoms with Gasteiger partial charge in [0, 0.05) is 24.6 Å². The lowest BCUT2D eigenvalue weighted by atomic mass is 10.2. The van der Waals surface area contributed by atoms with Crippen LogP contribution in [0.2, 0.25) is 0 Å². The number of aromatic nitrogens is 1. The van der Waals surface area contributed by atoms with E-state index in [0.29, 0.717) is 17.9 Å². The second kappa shape index (κ2) is 14.0. The van der Waals surface area contributed by atoms with Crippen molar-refractivity contribution in [2.75, 3.05) is 38.3 Å². The Bertz CT molecular complexity index is 774. The number of pyridine rings is 1. The maximum absolute atomic E-state index is 13.8. The van der Waals surface area contributed by atoms with Gasteiger partial charge in [0.05, 0.1) is 31.4 Å². The van der Waals surface area contributed by atoms with Crippen LogP contribution < -0.4 is 5.32 Å². The smallest absolute Gasteiger partial charge is 0.346 e. The lowest BCUT2D eigenvalue weighted by Crippen LogP contribution is -2.21. The minimum absolute atomic E-state index is 0.0425. The molecule has 0 aromatic carbocycles. The van der Waals surface area contributed by atoms with Crippen LogP contribution in [0, 0.1) is 10.1 Å². The van der Waals surface area contributed by atoms with Gasteiger partial charge >= 0.3 is 15.2 Å². The molecule has 1 aromatic heterocycles. The molecule has 0 aliphatic heterocycles. The number of hydrogen-bond acceptors (Lipinski definition) is 10. The van der Waals surface area contributed by atoms with Crippen molar-refractivity contribution in [1.82, 2.24) is 4.98 Å². The Hall–Kier alpha value is -1.35. The van der Waals surface area contributed by atoms with E-state index in [1.807, 2.05) is 6.92 Å². The van der Waals surface area contributed by atoms with Crippen LogP contribution >= 0.6 is 15.2 Å². The van der Waals surface area contributed by atoms with Gasteiger partial charge in [0.2, 0.25) is 0 Å². The highest BCUT2D eigenvalue weighted by Crippen LogP contribution is 2.71. The van der Waals surface area contributed by atoms with Gasteiger partial charge in [-0.15, -0.1) is 0 Å². The molecule has 0 unspecified atom stereocenters. The van der Waals surface area contributed by atoms with E-state index in [-0.39, 0.29) is 38.5 Å². The zero-order valence-corrected chi connectivity index (χ0v) is 21.2. The largest absolute Gasteiger partial charge is 0.370 e. The van der Waals surface area contributed by atoms with Crippen molar-refractivity contribution in [1.29, 1.82) is 0 Å². The summed E-state index contributed by atoms with van der Waals surface area (Å²) in [6.45, 7) is 9.35. The third-order valence-corrected chi connectivity index (χ3v) is 10.3. The summed E-state index contributed by atoms with van der Waals surface area (Å²) in [5, 5.41) is 13.2.